The Bertz CT molecular complexity index is 911. The zero-order valence-electron chi connectivity index (χ0n) is 13.2. The zero-order chi connectivity index (χ0) is 17.6. The highest BCUT2D eigenvalue weighted by Crippen LogP contribution is 2.28. The number of nitriles is 1. The van der Waals surface area contributed by atoms with Crippen molar-refractivity contribution in [3.63, 3.8) is 0 Å². The van der Waals surface area contributed by atoms with Crippen molar-refractivity contribution in [2.75, 3.05) is 11.9 Å². The Hall–Kier alpha value is -3.73. The first kappa shape index (κ1) is 16.1. The molecule has 0 bridgehead atoms. The second-order valence-electron chi connectivity index (χ2n) is 5.23. The van der Waals surface area contributed by atoms with Gasteiger partial charge >= 0.3 is 0 Å². The van der Waals surface area contributed by atoms with Crippen LogP contribution in [0.3, 0.4) is 0 Å². The van der Waals surface area contributed by atoms with Crippen molar-refractivity contribution >= 4 is 11.9 Å². The number of carbonyl (C=O) groups excluding carboxylic acids is 1. The number of benzene rings is 1. The number of aromatic nitrogens is 4. The number of anilines is 1. The van der Waals surface area contributed by atoms with Crippen LogP contribution in [0, 0.1) is 11.3 Å². The van der Waals surface area contributed by atoms with Gasteiger partial charge in [0.1, 0.15) is 5.82 Å². The van der Waals surface area contributed by atoms with E-state index < -0.39 is 5.91 Å². The van der Waals surface area contributed by atoms with Gasteiger partial charge in [-0.05, 0) is 12.1 Å². The summed E-state index contributed by atoms with van der Waals surface area (Å²) in [6, 6.07) is 9.18. The first-order chi connectivity index (χ1) is 12.2. The van der Waals surface area contributed by atoms with Crippen LogP contribution >= 0.6 is 0 Å². The number of hydrogen-bond acceptors (Lipinski definition) is 6. The van der Waals surface area contributed by atoms with Crippen LogP contribution in [0.1, 0.15) is 12.0 Å². The number of aromatic amines is 1. The van der Waals surface area contributed by atoms with Crippen LogP contribution in [0.25, 0.3) is 22.6 Å². The monoisotopic (exact) mass is 333 g/mol. The van der Waals surface area contributed by atoms with E-state index in [1.807, 2.05) is 12.1 Å². The summed E-state index contributed by atoms with van der Waals surface area (Å²) in [5.41, 5.74) is 7.92. The van der Waals surface area contributed by atoms with Crippen molar-refractivity contribution in [3.05, 3.63) is 48.4 Å². The van der Waals surface area contributed by atoms with Crippen LogP contribution < -0.4 is 11.1 Å². The summed E-state index contributed by atoms with van der Waals surface area (Å²) >= 11 is 0. The third-order valence-corrected chi connectivity index (χ3v) is 3.48. The molecule has 1 amide bonds. The van der Waals surface area contributed by atoms with Crippen molar-refractivity contribution in [1.29, 1.82) is 5.26 Å². The molecule has 0 unspecified atom stereocenters. The molecule has 0 radical (unpaired) electrons. The van der Waals surface area contributed by atoms with E-state index in [1.54, 1.807) is 30.7 Å². The maximum Gasteiger partial charge on any atom is 0.223 e. The van der Waals surface area contributed by atoms with E-state index in [-0.39, 0.29) is 6.42 Å². The van der Waals surface area contributed by atoms with Crippen molar-refractivity contribution in [2.24, 2.45) is 5.73 Å². The second kappa shape index (κ2) is 7.23. The fourth-order valence-corrected chi connectivity index (χ4v) is 2.27. The molecule has 0 atom stereocenters. The van der Waals surface area contributed by atoms with Gasteiger partial charge in [-0.25, -0.2) is 15.0 Å². The van der Waals surface area contributed by atoms with Crippen LogP contribution in [-0.2, 0) is 4.79 Å². The zero-order valence-corrected chi connectivity index (χ0v) is 13.2. The summed E-state index contributed by atoms with van der Waals surface area (Å²) in [6.45, 7) is 0.349. The number of imidazole rings is 1. The molecule has 0 aliphatic rings. The largest absolute Gasteiger partial charge is 0.370 e. The lowest BCUT2D eigenvalue weighted by Crippen LogP contribution is -2.16. The molecule has 124 valence electrons. The minimum Gasteiger partial charge on any atom is -0.370 e. The van der Waals surface area contributed by atoms with Gasteiger partial charge in [0.05, 0.1) is 22.9 Å². The van der Waals surface area contributed by atoms with Gasteiger partial charge in [0.25, 0.3) is 0 Å². The molecule has 3 rings (SSSR count). The summed E-state index contributed by atoms with van der Waals surface area (Å²) < 4.78 is 0. The van der Waals surface area contributed by atoms with Gasteiger partial charge in [-0.3, -0.25) is 4.79 Å². The van der Waals surface area contributed by atoms with Gasteiger partial charge in [-0.15, -0.1) is 0 Å². The van der Waals surface area contributed by atoms with Crippen molar-refractivity contribution < 1.29 is 4.79 Å². The normalized spacial score (nSPS) is 10.2. The summed E-state index contributed by atoms with van der Waals surface area (Å²) in [6.07, 6.45) is 5.22. The van der Waals surface area contributed by atoms with Crippen molar-refractivity contribution in [1.82, 2.24) is 19.9 Å². The van der Waals surface area contributed by atoms with E-state index in [0.717, 1.165) is 11.1 Å². The molecule has 2 aromatic heterocycles. The van der Waals surface area contributed by atoms with Crippen molar-refractivity contribution in [3.8, 4) is 28.7 Å². The summed E-state index contributed by atoms with van der Waals surface area (Å²) in [5.74, 6) is 0.631. The second-order valence-corrected chi connectivity index (χ2v) is 5.23. The molecule has 0 spiro atoms. The Morgan fingerprint density at radius 1 is 1.28 bits per heavy atom. The Morgan fingerprint density at radius 3 is 2.72 bits per heavy atom. The number of nitrogens with zero attached hydrogens (tertiary/aromatic N) is 4. The number of hydrogen-bond donors (Lipinski definition) is 3. The van der Waals surface area contributed by atoms with Crippen LogP contribution in [-0.4, -0.2) is 32.4 Å². The fourth-order valence-electron chi connectivity index (χ4n) is 2.27. The quantitative estimate of drug-likeness (QED) is 0.628. The van der Waals surface area contributed by atoms with Gasteiger partial charge in [-0.2, -0.15) is 5.26 Å². The highest BCUT2D eigenvalue weighted by Gasteiger charge is 2.13. The Kier molecular flexibility index (Phi) is 4.67. The van der Waals surface area contributed by atoms with Crippen LogP contribution in [0.15, 0.2) is 42.9 Å². The molecule has 0 aliphatic carbocycles. The van der Waals surface area contributed by atoms with Crippen LogP contribution in [0.4, 0.5) is 5.95 Å². The number of nitrogens with two attached hydrogens (primary N) is 1. The lowest BCUT2D eigenvalue weighted by atomic mass is 10.1. The number of primary amides is 1. The molecule has 2 heterocycles. The number of nitrogens with one attached hydrogen (secondary N) is 2. The highest BCUT2D eigenvalue weighted by molar-refractivity contribution is 5.78. The highest BCUT2D eigenvalue weighted by atomic mass is 16.1. The molecule has 0 saturated heterocycles. The summed E-state index contributed by atoms with van der Waals surface area (Å²) in [7, 11) is 0. The van der Waals surface area contributed by atoms with Gasteiger partial charge in [-0.1, -0.05) is 12.1 Å². The maximum absolute atomic E-state index is 10.9. The Labute approximate surface area is 143 Å². The predicted octanol–water partition coefficient (Wildman–Crippen LogP) is 1.69. The number of H-pyrrole nitrogens is 1. The van der Waals surface area contributed by atoms with E-state index in [9.17, 15) is 4.79 Å². The van der Waals surface area contributed by atoms with E-state index in [2.05, 4.69) is 31.3 Å². The molecule has 1 aromatic carbocycles. The summed E-state index contributed by atoms with van der Waals surface area (Å²) in [4.78, 5) is 26.9. The number of rotatable bonds is 6. The fraction of sp³-hybridized carbons (Fsp3) is 0.118. The van der Waals surface area contributed by atoms with Gasteiger partial charge in [0, 0.05) is 37.1 Å². The minimum absolute atomic E-state index is 0.190. The van der Waals surface area contributed by atoms with E-state index in [0.29, 0.717) is 29.6 Å². The van der Waals surface area contributed by atoms with Gasteiger partial charge in [0.15, 0.2) is 0 Å². The molecule has 3 aromatic rings. The minimum atomic E-state index is -0.396. The average Bonchev–Trinajstić information content (AvgIpc) is 3.16. The van der Waals surface area contributed by atoms with Crippen LogP contribution in [0.2, 0.25) is 0 Å². The predicted molar refractivity (Wildman–Crippen MR) is 92.1 cm³/mol. The molecular weight excluding hydrogens is 318 g/mol. The number of amides is 1. The molecule has 25 heavy (non-hydrogen) atoms. The van der Waals surface area contributed by atoms with Crippen LogP contribution in [0.5, 0.6) is 0 Å². The molecule has 4 N–H and O–H groups in total. The SMILES string of the molecule is N#Cc1ccc(-c2nc(NCCC(N)=O)ncc2-c2ncc[nH]2)cc1. The van der Waals surface area contributed by atoms with E-state index in [1.165, 1.54) is 0 Å². The molecule has 0 fully saturated rings. The molecule has 0 saturated carbocycles. The first-order valence-electron chi connectivity index (χ1n) is 7.57. The number of carbonyl (C=O) groups is 1. The topological polar surface area (TPSA) is 133 Å². The maximum atomic E-state index is 10.9. The smallest absolute Gasteiger partial charge is 0.223 e. The van der Waals surface area contributed by atoms with Crippen molar-refractivity contribution in [2.45, 2.75) is 6.42 Å². The third kappa shape index (κ3) is 3.79. The lowest BCUT2D eigenvalue weighted by molar-refractivity contribution is -0.117. The molecule has 8 nitrogen and oxygen atoms in total. The molecule has 8 heteroatoms. The third-order valence-electron chi connectivity index (χ3n) is 3.48. The summed E-state index contributed by atoms with van der Waals surface area (Å²) in [5, 5.41) is 11.9. The van der Waals surface area contributed by atoms with E-state index >= 15 is 0 Å². The first-order valence-corrected chi connectivity index (χ1v) is 7.57. The standard InChI is InChI=1S/C17H15N7O/c18-9-11-1-3-12(4-2-11)15-13(16-20-7-8-21-16)10-23-17(24-15)22-6-5-14(19)25/h1-4,7-8,10H,5-6H2,(H2,19,25)(H,20,21)(H,22,23,24). The van der Waals surface area contributed by atoms with E-state index in [4.69, 9.17) is 11.0 Å². The molecule has 0 aliphatic heterocycles. The average molecular weight is 333 g/mol. The van der Waals surface area contributed by atoms with Gasteiger partial charge < -0.3 is 16.0 Å². The lowest BCUT2D eigenvalue weighted by Gasteiger charge is -2.10. The molecular formula is C17H15N7O. The Balaban J connectivity index is 1.98. The van der Waals surface area contributed by atoms with Gasteiger partial charge in [0.2, 0.25) is 11.9 Å². The Morgan fingerprint density at radius 2 is 2.08 bits per heavy atom.